The SMILES string of the molecule is Cc1cc(C)c([C@H](C)NC(=O)Cc2ccc(Cl)cc2)cc1C. The van der Waals surface area contributed by atoms with Gasteiger partial charge < -0.3 is 5.32 Å². The van der Waals surface area contributed by atoms with Crippen LogP contribution < -0.4 is 5.32 Å². The molecule has 0 heterocycles. The minimum Gasteiger partial charge on any atom is -0.349 e. The van der Waals surface area contributed by atoms with Crippen LogP contribution in [0, 0.1) is 20.8 Å². The van der Waals surface area contributed by atoms with Gasteiger partial charge in [-0.25, -0.2) is 0 Å². The van der Waals surface area contributed by atoms with Gasteiger partial charge >= 0.3 is 0 Å². The van der Waals surface area contributed by atoms with Crippen molar-refractivity contribution < 1.29 is 4.79 Å². The van der Waals surface area contributed by atoms with Gasteiger partial charge in [0.25, 0.3) is 0 Å². The Morgan fingerprint density at radius 2 is 1.64 bits per heavy atom. The number of amides is 1. The summed E-state index contributed by atoms with van der Waals surface area (Å²) >= 11 is 5.86. The molecular formula is C19H22ClNO. The molecule has 0 saturated carbocycles. The van der Waals surface area contributed by atoms with Crippen molar-refractivity contribution in [3.63, 3.8) is 0 Å². The van der Waals surface area contributed by atoms with Crippen LogP contribution in [0.2, 0.25) is 5.02 Å². The van der Waals surface area contributed by atoms with Crippen molar-refractivity contribution in [3.8, 4) is 0 Å². The Morgan fingerprint density at radius 1 is 1.05 bits per heavy atom. The average Bonchev–Trinajstić information content (AvgIpc) is 2.45. The molecule has 1 N–H and O–H groups in total. The van der Waals surface area contributed by atoms with Crippen LogP contribution in [-0.4, -0.2) is 5.91 Å². The Labute approximate surface area is 137 Å². The van der Waals surface area contributed by atoms with E-state index in [4.69, 9.17) is 11.6 Å². The summed E-state index contributed by atoms with van der Waals surface area (Å²) in [6, 6.07) is 11.7. The van der Waals surface area contributed by atoms with E-state index in [0.717, 1.165) is 5.56 Å². The Kier molecular flexibility index (Phi) is 5.25. The standard InChI is InChI=1S/C19H22ClNO/c1-12-9-14(3)18(10-13(12)2)15(4)21-19(22)11-16-5-7-17(20)8-6-16/h5-10,15H,11H2,1-4H3,(H,21,22)/t15-/m0/s1. The minimum absolute atomic E-state index is 0.000833. The van der Waals surface area contributed by atoms with Crippen molar-refractivity contribution >= 4 is 17.5 Å². The van der Waals surface area contributed by atoms with Crippen molar-refractivity contribution in [2.24, 2.45) is 0 Å². The van der Waals surface area contributed by atoms with Crippen molar-refractivity contribution in [1.29, 1.82) is 0 Å². The van der Waals surface area contributed by atoms with Crippen LogP contribution in [0.5, 0.6) is 0 Å². The second kappa shape index (κ2) is 6.97. The highest BCUT2D eigenvalue weighted by Gasteiger charge is 2.13. The van der Waals surface area contributed by atoms with Gasteiger partial charge in [-0.1, -0.05) is 35.9 Å². The van der Waals surface area contributed by atoms with Gasteiger partial charge in [0.15, 0.2) is 0 Å². The van der Waals surface area contributed by atoms with Crippen LogP contribution in [0.4, 0.5) is 0 Å². The Hall–Kier alpha value is -1.80. The molecule has 2 nitrogen and oxygen atoms in total. The first-order valence-corrected chi connectivity index (χ1v) is 7.86. The summed E-state index contributed by atoms with van der Waals surface area (Å²) in [6.07, 6.45) is 0.366. The molecule has 0 spiro atoms. The molecule has 1 atom stereocenters. The van der Waals surface area contributed by atoms with Crippen molar-refractivity contribution in [2.45, 2.75) is 40.2 Å². The second-order valence-electron chi connectivity index (χ2n) is 5.89. The molecule has 116 valence electrons. The summed E-state index contributed by atoms with van der Waals surface area (Å²) in [5, 5.41) is 3.76. The molecule has 0 aromatic heterocycles. The maximum Gasteiger partial charge on any atom is 0.224 e. The summed E-state index contributed by atoms with van der Waals surface area (Å²) < 4.78 is 0. The smallest absolute Gasteiger partial charge is 0.224 e. The Bertz CT molecular complexity index is 677. The number of halogens is 1. The van der Waals surface area contributed by atoms with Crippen LogP contribution in [0.15, 0.2) is 36.4 Å². The molecule has 1 amide bonds. The first-order valence-electron chi connectivity index (χ1n) is 7.48. The topological polar surface area (TPSA) is 29.1 Å². The Morgan fingerprint density at radius 3 is 2.27 bits per heavy atom. The second-order valence-corrected chi connectivity index (χ2v) is 6.32. The number of carbonyl (C=O) groups is 1. The zero-order valence-corrected chi connectivity index (χ0v) is 14.3. The van der Waals surface area contributed by atoms with Gasteiger partial charge in [0.1, 0.15) is 0 Å². The zero-order chi connectivity index (χ0) is 16.3. The molecule has 0 bridgehead atoms. The third kappa shape index (κ3) is 4.11. The largest absolute Gasteiger partial charge is 0.349 e. The number of benzene rings is 2. The van der Waals surface area contributed by atoms with Crippen LogP contribution in [-0.2, 0) is 11.2 Å². The molecule has 0 aliphatic carbocycles. The van der Waals surface area contributed by atoms with E-state index >= 15 is 0 Å². The average molecular weight is 316 g/mol. The molecule has 2 aromatic carbocycles. The van der Waals surface area contributed by atoms with E-state index in [1.54, 1.807) is 12.1 Å². The quantitative estimate of drug-likeness (QED) is 0.871. The van der Waals surface area contributed by atoms with Gasteiger partial charge in [-0.3, -0.25) is 4.79 Å². The predicted molar refractivity (Wildman–Crippen MR) is 92.4 cm³/mol. The van der Waals surface area contributed by atoms with E-state index in [-0.39, 0.29) is 11.9 Å². The molecule has 0 unspecified atom stereocenters. The van der Waals surface area contributed by atoms with Gasteiger partial charge in [0.2, 0.25) is 5.91 Å². The van der Waals surface area contributed by atoms with Crippen molar-refractivity contribution in [1.82, 2.24) is 5.32 Å². The lowest BCUT2D eigenvalue weighted by molar-refractivity contribution is -0.121. The lowest BCUT2D eigenvalue weighted by atomic mass is 9.96. The van der Waals surface area contributed by atoms with Gasteiger partial charge in [-0.15, -0.1) is 0 Å². The van der Waals surface area contributed by atoms with E-state index in [0.29, 0.717) is 11.4 Å². The summed E-state index contributed by atoms with van der Waals surface area (Å²) in [6.45, 7) is 8.32. The highest BCUT2D eigenvalue weighted by Crippen LogP contribution is 2.21. The molecule has 2 aromatic rings. The van der Waals surface area contributed by atoms with Crippen LogP contribution in [0.3, 0.4) is 0 Å². The number of carbonyl (C=O) groups excluding carboxylic acids is 1. The van der Waals surface area contributed by atoms with Crippen LogP contribution in [0.1, 0.15) is 40.8 Å². The van der Waals surface area contributed by atoms with Crippen molar-refractivity contribution in [3.05, 3.63) is 69.2 Å². The van der Waals surface area contributed by atoms with Gasteiger partial charge in [0.05, 0.1) is 12.5 Å². The number of rotatable bonds is 4. The lowest BCUT2D eigenvalue weighted by Gasteiger charge is -2.18. The lowest BCUT2D eigenvalue weighted by Crippen LogP contribution is -2.28. The molecule has 0 aliphatic rings. The molecule has 3 heteroatoms. The third-order valence-corrected chi connectivity index (χ3v) is 4.26. The summed E-state index contributed by atoms with van der Waals surface area (Å²) in [5.41, 5.74) is 5.88. The van der Waals surface area contributed by atoms with E-state index in [1.807, 2.05) is 19.1 Å². The van der Waals surface area contributed by atoms with Gasteiger partial charge in [-0.05, 0) is 67.6 Å². The fraction of sp³-hybridized carbons (Fsp3) is 0.316. The number of hydrogen-bond donors (Lipinski definition) is 1. The highest BCUT2D eigenvalue weighted by atomic mass is 35.5. The zero-order valence-electron chi connectivity index (χ0n) is 13.5. The number of nitrogens with one attached hydrogen (secondary N) is 1. The monoisotopic (exact) mass is 315 g/mol. The van der Waals surface area contributed by atoms with Crippen LogP contribution in [0.25, 0.3) is 0 Å². The molecular weight excluding hydrogens is 294 g/mol. The molecule has 0 radical (unpaired) electrons. The third-order valence-electron chi connectivity index (χ3n) is 4.00. The van der Waals surface area contributed by atoms with E-state index in [9.17, 15) is 4.79 Å². The fourth-order valence-corrected chi connectivity index (χ4v) is 2.73. The maximum absolute atomic E-state index is 12.2. The normalized spacial score (nSPS) is 12.0. The summed E-state index contributed by atoms with van der Waals surface area (Å²) in [7, 11) is 0. The summed E-state index contributed by atoms with van der Waals surface area (Å²) in [4.78, 5) is 12.2. The number of hydrogen-bond acceptors (Lipinski definition) is 1. The van der Waals surface area contributed by atoms with Crippen molar-refractivity contribution in [2.75, 3.05) is 0 Å². The highest BCUT2D eigenvalue weighted by molar-refractivity contribution is 6.30. The van der Waals surface area contributed by atoms with Crippen LogP contribution >= 0.6 is 11.6 Å². The van der Waals surface area contributed by atoms with Gasteiger partial charge in [0, 0.05) is 5.02 Å². The molecule has 22 heavy (non-hydrogen) atoms. The van der Waals surface area contributed by atoms with E-state index in [1.165, 1.54) is 22.3 Å². The molecule has 0 saturated heterocycles. The van der Waals surface area contributed by atoms with E-state index < -0.39 is 0 Å². The fourth-order valence-electron chi connectivity index (χ4n) is 2.61. The predicted octanol–water partition coefficient (Wildman–Crippen LogP) is 4.69. The first-order chi connectivity index (χ1) is 10.4. The number of aryl methyl sites for hydroxylation is 3. The Balaban J connectivity index is 2.05. The molecule has 2 rings (SSSR count). The van der Waals surface area contributed by atoms with Gasteiger partial charge in [-0.2, -0.15) is 0 Å². The molecule has 0 aliphatic heterocycles. The first kappa shape index (κ1) is 16.6. The maximum atomic E-state index is 12.2. The minimum atomic E-state index is -0.000833. The van der Waals surface area contributed by atoms with E-state index in [2.05, 4.69) is 38.2 Å². The molecule has 0 fully saturated rings. The summed E-state index contributed by atoms with van der Waals surface area (Å²) in [5.74, 6) is 0.0208.